The number of carbonyl (C=O) groups excluding carboxylic acids is 1. The smallest absolute Gasteiger partial charge is 0.264 e. The number of benzene rings is 2. The molecule has 25 heavy (non-hydrogen) atoms. The lowest BCUT2D eigenvalue weighted by Gasteiger charge is -2.22. The van der Waals surface area contributed by atoms with E-state index in [0.29, 0.717) is 6.42 Å². The molecule has 1 aliphatic rings. The minimum Gasteiger partial charge on any atom is -0.382 e. The first-order valence-corrected chi connectivity index (χ1v) is 8.58. The van der Waals surface area contributed by atoms with Gasteiger partial charge in [-0.15, -0.1) is 0 Å². The van der Waals surface area contributed by atoms with E-state index in [1.54, 1.807) is 0 Å². The Bertz CT molecular complexity index is 709. The lowest BCUT2D eigenvalue weighted by molar-refractivity contribution is -0.132. The SMILES string of the molecule is CC(C)(C)NC(=O)C1CC(C(c2ccccc2)c2ccccc2)=NO1. The van der Waals surface area contributed by atoms with Gasteiger partial charge in [0.05, 0.1) is 11.6 Å². The number of oxime groups is 1. The summed E-state index contributed by atoms with van der Waals surface area (Å²) in [6.07, 6.45) is -0.0692. The van der Waals surface area contributed by atoms with Crippen LogP contribution in [0.4, 0.5) is 0 Å². The second kappa shape index (κ2) is 7.09. The van der Waals surface area contributed by atoms with Crippen LogP contribution in [0.5, 0.6) is 0 Å². The highest BCUT2D eigenvalue weighted by Crippen LogP contribution is 2.31. The third-order valence-corrected chi connectivity index (χ3v) is 4.08. The third kappa shape index (κ3) is 4.27. The minimum atomic E-state index is -0.566. The second-order valence-corrected chi connectivity index (χ2v) is 7.37. The predicted molar refractivity (Wildman–Crippen MR) is 99.5 cm³/mol. The highest BCUT2D eigenvalue weighted by molar-refractivity contribution is 5.98. The van der Waals surface area contributed by atoms with E-state index >= 15 is 0 Å². The summed E-state index contributed by atoms with van der Waals surface area (Å²) in [6.45, 7) is 5.87. The molecular formula is C21H24N2O2. The van der Waals surface area contributed by atoms with Crippen molar-refractivity contribution in [3.05, 3.63) is 71.8 Å². The van der Waals surface area contributed by atoms with Gasteiger partial charge in [0.1, 0.15) is 0 Å². The first kappa shape index (κ1) is 17.2. The monoisotopic (exact) mass is 336 g/mol. The van der Waals surface area contributed by atoms with E-state index in [1.807, 2.05) is 57.2 Å². The molecule has 4 nitrogen and oxygen atoms in total. The second-order valence-electron chi connectivity index (χ2n) is 7.37. The van der Waals surface area contributed by atoms with Crippen molar-refractivity contribution < 1.29 is 9.63 Å². The average molecular weight is 336 g/mol. The van der Waals surface area contributed by atoms with Crippen LogP contribution in [0.25, 0.3) is 0 Å². The Morgan fingerprint density at radius 2 is 1.56 bits per heavy atom. The molecular weight excluding hydrogens is 312 g/mol. The van der Waals surface area contributed by atoms with E-state index in [1.165, 1.54) is 0 Å². The summed E-state index contributed by atoms with van der Waals surface area (Å²) >= 11 is 0. The van der Waals surface area contributed by atoms with Crippen molar-refractivity contribution in [1.82, 2.24) is 5.32 Å². The van der Waals surface area contributed by atoms with Gasteiger partial charge in [-0.3, -0.25) is 4.79 Å². The van der Waals surface area contributed by atoms with Gasteiger partial charge in [0.2, 0.25) is 6.10 Å². The van der Waals surface area contributed by atoms with Crippen LogP contribution in [0.3, 0.4) is 0 Å². The number of hydrogen-bond acceptors (Lipinski definition) is 3. The summed E-state index contributed by atoms with van der Waals surface area (Å²) in [7, 11) is 0. The highest BCUT2D eigenvalue weighted by atomic mass is 16.6. The number of hydrogen-bond donors (Lipinski definition) is 1. The minimum absolute atomic E-state index is 0.00478. The van der Waals surface area contributed by atoms with Crippen molar-refractivity contribution in [3.8, 4) is 0 Å². The van der Waals surface area contributed by atoms with Gasteiger partial charge in [0.15, 0.2) is 0 Å². The third-order valence-electron chi connectivity index (χ3n) is 4.08. The largest absolute Gasteiger partial charge is 0.382 e. The van der Waals surface area contributed by atoms with Crippen molar-refractivity contribution in [3.63, 3.8) is 0 Å². The van der Waals surface area contributed by atoms with Crippen molar-refractivity contribution in [1.29, 1.82) is 0 Å². The van der Waals surface area contributed by atoms with Gasteiger partial charge in [-0.05, 0) is 31.9 Å². The summed E-state index contributed by atoms with van der Waals surface area (Å²) in [4.78, 5) is 17.9. The summed E-state index contributed by atoms with van der Waals surface area (Å²) in [5.41, 5.74) is 2.88. The first-order valence-electron chi connectivity index (χ1n) is 8.58. The average Bonchev–Trinajstić information content (AvgIpc) is 3.05. The lowest BCUT2D eigenvalue weighted by Crippen LogP contribution is -2.46. The number of rotatable bonds is 4. The van der Waals surface area contributed by atoms with Gasteiger partial charge < -0.3 is 10.2 Å². The molecule has 1 N–H and O–H groups in total. The van der Waals surface area contributed by atoms with Crippen LogP contribution in [-0.4, -0.2) is 23.3 Å². The summed E-state index contributed by atoms with van der Waals surface area (Å²) < 4.78 is 0. The molecule has 1 amide bonds. The van der Waals surface area contributed by atoms with Gasteiger partial charge in [0.25, 0.3) is 5.91 Å². The van der Waals surface area contributed by atoms with Gasteiger partial charge in [-0.25, -0.2) is 0 Å². The molecule has 1 aliphatic heterocycles. The van der Waals surface area contributed by atoms with Crippen molar-refractivity contribution in [2.45, 2.75) is 44.8 Å². The van der Waals surface area contributed by atoms with Crippen LogP contribution >= 0.6 is 0 Å². The lowest BCUT2D eigenvalue weighted by atomic mass is 9.85. The zero-order chi connectivity index (χ0) is 17.9. The molecule has 0 bridgehead atoms. The highest BCUT2D eigenvalue weighted by Gasteiger charge is 2.34. The predicted octanol–water partition coefficient (Wildman–Crippen LogP) is 3.88. The van der Waals surface area contributed by atoms with E-state index in [-0.39, 0.29) is 17.4 Å². The van der Waals surface area contributed by atoms with Crippen LogP contribution in [0.2, 0.25) is 0 Å². The van der Waals surface area contributed by atoms with Crippen molar-refractivity contribution >= 4 is 11.6 Å². The fourth-order valence-electron chi connectivity index (χ4n) is 3.03. The molecule has 1 heterocycles. The van der Waals surface area contributed by atoms with E-state index in [4.69, 9.17) is 4.84 Å². The van der Waals surface area contributed by atoms with Crippen LogP contribution < -0.4 is 5.32 Å². The zero-order valence-corrected chi connectivity index (χ0v) is 14.9. The van der Waals surface area contributed by atoms with Gasteiger partial charge in [0, 0.05) is 12.0 Å². The topological polar surface area (TPSA) is 50.7 Å². The molecule has 1 atom stereocenters. The quantitative estimate of drug-likeness (QED) is 0.921. The molecule has 0 saturated carbocycles. The molecule has 3 rings (SSSR count). The van der Waals surface area contributed by atoms with Gasteiger partial charge in [-0.1, -0.05) is 65.8 Å². The summed E-state index contributed by atoms with van der Waals surface area (Å²) in [5.74, 6) is -0.124. The Kier molecular flexibility index (Phi) is 4.88. The standard InChI is InChI=1S/C21H24N2O2/c1-21(2,3)22-20(24)18-14-17(23-25-18)19(15-10-6-4-7-11-15)16-12-8-5-9-13-16/h4-13,18-19H,14H2,1-3H3,(H,22,24). The summed E-state index contributed by atoms with van der Waals surface area (Å²) in [6, 6.07) is 20.4. The molecule has 0 spiro atoms. The Balaban J connectivity index is 1.83. The normalized spacial score (nSPS) is 17.1. The van der Waals surface area contributed by atoms with Gasteiger partial charge >= 0.3 is 0 Å². The van der Waals surface area contributed by atoms with E-state index in [2.05, 4.69) is 34.7 Å². The fourth-order valence-corrected chi connectivity index (χ4v) is 3.03. The van der Waals surface area contributed by atoms with Gasteiger partial charge in [-0.2, -0.15) is 0 Å². The number of nitrogens with zero attached hydrogens (tertiary/aromatic N) is 1. The van der Waals surface area contributed by atoms with Crippen LogP contribution in [0, 0.1) is 0 Å². The number of carbonyl (C=O) groups is 1. The van der Waals surface area contributed by atoms with Crippen molar-refractivity contribution in [2.75, 3.05) is 0 Å². The Labute approximate surface area is 148 Å². The maximum atomic E-state index is 12.4. The Hall–Kier alpha value is -2.62. The molecule has 0 radical (unpaired) electrons. The van der Waals surface area contributed by atoms with Crippen LogP contribution in [0.1, 0.15) is 44.2 Å². The molecule has 0 fully saturated rings. The molecule has 0 aliphatic carbocycles. The molecule has 2 aromatic carbocycles. The first-order chi connectivity index (χ1) is 11.9. The Morgan fingerprint density at radius 3 is 2.04 bits per heavy atom. The number of nitrogens with one attached hydrogen (secondary N) is 1. The fraction of sp³-hybridized carbons (Fsp3) is 0.333. The van der Waals surface area contributed by atoms with Crippen LogP contribution in [0.15, 0.2) is 65.8 Å². The molecule has 2 aromatic rings. The van der Waals surface area contributed by atoms with E-state index in [9.17, 15) is 4.79 Å². The molecule has 130 valence electrons. The maximum Gasteiger partial charge on any atom is 0.264 e. The molecule has 4 heteroatoms. The van der Waals surface area contributed by atoms with E-state index < -0.39 is 6.10 Å². The molecule has 1 unspecified atom stereocenters. The molecule has 0 aromatic heterocycles. The maximum absolute atomic E-state index is 12.4. The summed E-state index contributed by atoms with van der Waals surface area (Å²) in [5, 5.41) is 7.24. The van der Waals surface area contributed by atoms with E-state index in [0.717, 1.165) is 16.8 Å². The Morgan fingerprint density at radius 1 is 1.04 bits per heavy atom. The zero-order valence-electron chi connectivity index (χ0n) is 14.9. The number of amides is 1. The van der Waals surface area contributed by atoms with Crippen molar-refractivity contribution in [2.24, 2.45) is 5.16 Å². The molecule has 0 saturated heterocycles. The van der Waals surface area contributed by atoms with Crippen LogP contribution in [-0.2, 0) is 9.63 Å².